The van der Waals surface area contributed by atoms with Crippen LogP contribution in [0.25, 0.3) is 0 Å². The molecule has 1 aromatic heterocycles. The van der Waals surface area contributed by atoms with Crippen molar-refractivity contribution in [1.29, 1.82) is 0 Å². The minimum Gasteiger partial charge on any atom is -0.474 e. The van der Waals surface area contributed by atoms with Gasteiger partial charge in [0.25, 0.3) is 5.91 Å². The van der Waals surface area contributed by atoms with E-state index in [9.17, 15) is 23.9 Å². The Morgan fingerprint density at radius 2 is 1.70 bits per heavy atom. The number of rotatable bonds is 9. The van der Waals surface area contributed by atoms with Gasteiger partial charge >= 0.3 is 6.09 Å². The molecule has 0 aliphatic carbocycles. The maximum atomic E-state index is 14.4. The number of anilines is 1. The second-order valence-electron chi connectivity index (χ2n) is 14.3. The molecule has 3 fully saturated rings. The van der Waals surface area contributed by atoms with Crippen molar-refractivity contribution in [3.63, 3.8) is 0 Å². The van der Waals surface area contributed by atoms with Crippen molar-refractivity contribution in [3.05, 3.63) is 53.0 Å². The van der Waals surface area contributed by atoms with Gasteiger partial charge in [-0.05, 0) is 69.9 Å². The van der Waals surface area contributed by atoms with Gasteiger partial charge < -0.3 is 34.4 Å². The third-order valence-corrected chi connectivity index (χ3v) is 10.4. The number of carbonyl (C=O) groups excluding carboxylic acids is 2. The highest BCUT2D eigenvalue weighted by Crippen LogP contribution is 2.36. The first-order valence-electron chi connectivity index (χ1n) is 17.6. The first-order chi connectivity index (χ1) is 24.0. The topological polar surface area (TPSA) is 137 Å². The lowest BCUT2D eigenvalue weighted by Crippen LogP contribution is -2.65. The van der Waals surface area contributed by atoms with E-state index in [-0.39, 0.29) is 85.0 Å². The molecule has 0 radical (unpaired) electrons. The molecule has 2 N–H and O–H groups in total. The molecule has 4 aliphatic rings. The fourth-order valence-corrected chi connectivity index (χ4v) is 7.55. The fraction of sp³-hybridized carbons (Fsp3) is 0.611. The van der Waals surface area contributed by atoms with Crippen molar-refractivity contribution >= 4 is 23.6 Å². The first kappa shape index (κ1) is 36.0. The molecule has 50 heavy (non-hydrogen) atoms. The Morgan fingerprint density at radius 1 is 0.960 bits per heavy atom. The van der Waals surface area contributed by atoms with Crippen molar-refractivity contribution in [1.82, 2.24) is 25.0 Å². The summed E-state index contributed by atoms with van der Waals surface area (Å²) in [4.78, 5) is 52.5. The molecule has 272 valence electrons. The predicted molar refractivity (Wildman–Crippen MR) is 183 cm³/mol. The number of hydrogen-bond acceptors (Lipinski definition) is 9. The van der Waals surface area contributed by atoms with Crippen LogP contribution in [-0.2, 0) is 20.7 Å². The van der Waals surface area contributed by atoms with Crippen molar-refractivity contribution in [3.8, 4) is 5.88 Å². The van der Waals surface area contributed by atoms with Crippen molar-refractivity contribution in [2.75, 3.05) is 70.7 Å². The van der Waals surface area contributed by atoms with Gasteiger partial charge in [0.05, 0.1) is 32.4 Å². The summed E-state index contributed by atoms with van der Waals surface area (Å²) in [6.45, 7) is 12.4. The van der Waals surface area contributed by atoms with Gasteiger partial charge in [0.1, 0.15) is 23.8 Å². The van der Waals surface area contributed by atoms with Gasteiger partial charge in [0, 0.05) is 62.9 Å². The van der Waals surface area contributed by atoms with Crippen molar-refractivity contribution in [2.24, 2.45) is 5.92 Å². The molecule has 3 saturated heterocycles. The number of fused-ring (bicyclic) bond motifs is 1. The minimum absolute atomic E-state index is 0.0678. The number of nitrogens with one attached hydrogen (secondary N) is 1. The lowest BCUT2D eigenvalue weighted by molar-refractivity contribution is -0.122. The molecule has 13 nitrogen and oxygen atoms in total. The average Bonchev–Trinajstić information content (AvgIpc) is 3.60. The number of halogens is 1. The van der Waals surface area contributed by atoms with Crippen molar-refractivity contribution in [2.45, 2.75) is 70.7 Å². The zero-order chi connectivity index (χ0) is 35.5. The molecule has 14 heteroatoms. The van der Waals surface area contributed by atoms with E-state index in [2.05, 4.69) is 29.0 Å². The van der Waals surface area contributed by atoms with E-state index in [0.29, 0.717) is 63.7 Å². The molecule has 6 atom stereocenters. The van der Waals surface area contributed by atoms with Gasteiger partial charge in [0.15, 0.2) is 0 Å². The Hall–Kier alpha value is -3.85. The molecule has 0 unspecified atom stereocenters. The highest BCUT2D eigenvalue weighted by molar-refractivity contribution is 5.99. The summed E-state index contributed by atoms with van der Waals surface area (Å²) in [5, 5.41) is 13.0. The highest BCUT2D eigenvalue weighted by Gasteiger charge is 2.40. The fourth-order valence-electron chi connectivity index (χ4n) is 7.55. The Bertz CT molecular complexity index is 1530. The molecule has 3 amide bonds. The summed E-state index contributed by atoms with van der Waals surface area (Å²) in [6.07, 6.45) is 0.191. The maximum Gasteiger partial charge on any atom is 0.407 e. The van der Waals surface area contributed by atoms with E-state index in [1.165, 1.54) is 17.0 Å². The maximum absolute atomic E-state index is 14.4. The summed E-state index contributed by atoms with van der Waals surface area (Å²) in [5.74, 6) is -0.454. The minimum atomic E-state index is -0.969. The summed E-state index contributed by atoms with van der Waals surface area (Å²) in [6, 6.07) is 7.36. The van der Waals surface area contributed by atoms with E-state index < -0.39 is 6.09 Å². The number of aromatic nitrogens is 1. The van der Waals surface area contributed by atoms with Crippen LogP contribution in [0.4, 0.5) is 14.9 Å². The molecule has 1 aromatic carbocycles. The average molecular weight is 697 g/mol. The molecule has 4 aliphatic heterocycles. The summed E-state index contributed by atoms with van der Waals surface area (Å²) < 4.78 is 31.0. The SMILES string of the molecule is C[C@@H]1CN(CC(=O)N2c3cc(Cc4ccc(F)cc4)c(C(=O)NC[C@@H]4CCOC4)nc3OC[C@@H]2C)[C@@H](CN2[C@H](C)COC[C@H]2C)CN1C(=O)O. The number of morpholine rings is 1. The second kappa shape index (κ2) is 15.6. The molecular weight excluding hydrogens is 647 g/mol. The molecule has 0 saturated carbocycles. The molecular formula is C36H49FN6O7. The van der Waals surface area contributed by atoms with Crippen LogP contribution in [0.5, 0.6) is 5.88 Å². The molecule has 0 bridgehead atoms. The number of carboxylic acid groups (broad SMARTS) is 1. The molecule has 2 aromatic rings. The van der Waals surface area contributed by atoms with E-state index in [0.717, 1.165) is 12.0 Å². The number of benzene rings is 1. The molecule has 0 spiro atoms. The summed E-state index contributed by atoms with van der Waals surface area (Å²) >= 11 is 0. The number of amides is 3. The molecule has 6 rings (SSSR count). The smallest absolute Gasteiger partial charge is 0.407 e. The standard InChI is InChI=1S/C36H49FN6O7/c1-22-14-40(30(16-42(22)36(46)47)15-41-23(2)18-49-19-24(41)3)17-32(44)43-25(4)20-50-35-31(43)12-28(11-26-5-7-29(37)8-6-26)33(39-35)34(45)38-13-27-9-10-48-21-27/h5-8,12,22-25,27,30H,9-11,13-21H2,1-4H3,(H,38,45)(H,46,47)/t22-,23-,24-,25+,27+,30+/m1/s1. The molecule has 5 heterocycles. The second-order valence-corrected chi connectivity index (χ2v) is 14.3. The predicted octanol–water partition coefficient (Wildman–Crippen LogP) is 2.85. The van der Waals surface area contributed by atoms with Gasteiger partial charge in [-0.3, -0.25) is 19.4 Å². The van der Waals surface area contributed by atoms with E-state index >= 15 is 0 Å². The van der Waals surface area contributed by atoms with Gasteiger partial charge in [-0.25, -0.2) is 14.2 Å². The summed E-state index contributed by atoms with van der Waals surface area (Å²) in [5.41, 5.74) is 2.04. The Balaban J connectivity index is 1.28. The van der Waals surface area contributed by atoms with Crippen LogP contribution in [0.1, 0.15) is 55.7 Å². The van der Waals surface area contributed by atoms with Gasteiger partial charge in [0.2, 0.25) is 11.8 Å². The third-order valence-electron chi connectivity index (χ3n) is 10.4. The van der Waals surface area contributed by atoms with Crippen LogP contribution in [0.15, 0.2) is 30.3 Å². The quantitative estimate of drug-likeness (QED) is 0.403. The van der Waals surface area contributed by atoms with Crippen LogP contribution in [-0.4, -0.2) is 139 Å². The largest absolute Gasteiger partial charge is 0.474 e. The number of hydrogen-bond donors (Lipinski definition) is 2. The number of ether oxygens (including phenoxy) is 3. The summed E-state index contributed by atoms with van der Waals surface area (Å²) in [7, 11) is 0. The normalized spacial score (nSPS) is 27.5. The lowest BCUT2D eigenvalue weighted by atomic mass is 10.0. The van der Waals surface area contributed by atoms with Crippen LogP contribution < -0.4 is 15.0 Å². The van der Waals surface area contributed by atoms with Crippen LogP contribution in [0.3, 0.4) is 0 Å². The monoisotopic (exact) mass is 696 g/mol. The van der Waals surface area contributed by atoms with Crippen LogP contribution >= 0.6 is 0 Å². The van der Waals surface area contributed by atoms with Gasteiger partial charge in [-0.15, -0.1) is 0 Å². The first-order valence-corrected chi connectivity index (χ1v) is 17.6. The zero-order valence-electron chi connectivity index (χ0n) is 29.3. The van der Waals surface area contributed by atoms with Gasteiger partial charge in [-0.2, -0.15) is 0 Å². The number of pyridine rings is 1. The Kier molecular flexibility index (Phi) is 11.2. The van der Waals surface area contributed by atoms with Crippen LogP contribution in [0.2, 0.25) is 0 Å². The van der Waals surface area contributed by atoms with Gasteiger partial charge in [-0.1, -0.05) is 12.1 Å². The van der Waals surface area contributed by atoms with Crippen molar-refractivity contribution < 1.29 is 38.1 Å². The van der Waals surface area contributed by atoms with E-state index in [1.807, 2.05) is 13.8 Å². The van der Waals surface area contributed by atoms with Crippen LogP contribution in [0, 0.1) is 11.7 Å². The Morgan fingerprint density at radius 3 is 2.38 bits per heavy atom. The van der Waals surface area contributed by atoms with E-state index in [4.69, 9.17) is 19.2 Å². The Labute approximate surface area is 292 Å². The number of carbonyl (C=O) groups is 3. The third kappa shape index (κ3) is 8.03. The lowest BCUT2D eigenvalue weighted by Gasteiger charge is -2.48. The highest BCUT2D eigenvalue weighted by atomic mass is 19.1. The zero-order valence-corrected chi connectivity index (χ0v) is 29.3. The number of piperazine rings is 1. The van der Waals surface area contributed by atoms with E-state index in [1.54, 1.807) is 23.1 Å². The number of nitrogens with zero attached hydrogens (tertiary/aromatic N) is 5.